The van der Waals surface area contributed by atoms with E-state index in [0.29, 0.717) is 42.5 Å². The number of carbonyl (C=O) groups excluding carboxylic acids is 3. The molecule has 1 atom stereocenters. The number of halogens is 1. The number of benzene rings is 2. The number of ketones is 1. The Hall–Kier alpha value is -4.15. The van der Waals surface area contributed by atoms with Gasteiger partial charge in [0, 0.05) is 37.1 Å². The Labute approximate surface area is 255 Å². The third-order valence-corrected chi connectivity index (χ3v) is 8.58. The van der Waals surface area contributed by atoms with E-state index in [4.69, 9.17) is 4.74 Å². The molecule has 0 saturated carbocycles. The van der Waals surface area contributed by atoms with Gasteiger partial charge in [-0.15, -0.1) is 12.4 Å². The number of fused-ring (bicyclic) bond motifs is 3. The summed E-state index contributed by atoms with van der Waals surface area (Å²) in [5.74, 6) is -0.213. The summed E-state index contributed by atoms with van der Waals surface area (Å²) in [5, 5.41) is 7.38. The van der Waals surface area contributed by atoms with Crippen molar-refractivity contribution >= 4 is 51.8 Å². The number of amides is 2. The molecule has 0 bridgehead atoms. The van der Waals surface area contributed by atoms with Crippen LogP contribution in [0.4, 0.5) is 0 Å². The molecule has 2 aromatic carbocycles. The van der Waals surface area contributed by atoms with Crippen LogP contribution in [-0.2, 0) is 18.4 Å². The minimum Gasteiger partial charge on any atom is -0.493 e. The smallest absolute Gasteiger partial charge is 0.272 e. The Bertz CT molecular complexity index is 1730. The highest BCUT2D eigenvalue weighted by molar-refractivity contribution is 6.12. The first-order chi connectivity index (χ1) is 20.4. The van der Waals surface area contributed by atoms with Gasteiger partial charge in [-0.25, -0.2) is 0 Å². The molecule has 226 valence electrons. The Morgan fingerprint density at radius 2 is 1.70 bits per heavy atom. The van der Waals surface area contributed by atoms with Gasteiger partial charge in [0.1, 0.15) is 5.39 Å². The summed E-state index contributed by atoms with van der Waals surface area (Å²) < 4.78 is 8.90. The molecule has 2 aromatic heterocycles. The number of Topliss-reactive ketones (excluding diaryl/α,β-unsaturated/α-hetero) is 1. The largest absolute Gasteiger partial charge is 0.493 e. The van der Waals surface area contributed by atoms with Crippen molar-refractivity contribution in [2.75, 3.05) is 26.7 Å². The van der Waals surface area contributed by atoms with Gasteiger partial charge in [0.05, 0.1) is 30.7 Å². The zero-order chi connectivity index (χ0) is 29.4. The van der Waals surface area contributed by atoms with E-state index in [1.807, 2.05) is 35.2 Å². The Balaban J connectivity index is 0.00000368. The van der Waals surface area contributed by atoms with Gasteiger partial charge in [-0.3, -0.25) is 23.7 Å². The molecule has 43 heavy (non-hydrogen) atoms. The van der Waals surface area contributed by atoms with E-state index >= 15 is 0 Å². The van der Waals surface area contributed by atoms with E-state index in [1.54, 1.807) is 35.9 Å². The molecule has 2 aliphatic rings. The number of nitrogens with one attached hydrogen (secondary N) is 2. The predicted molar refractivity (Wildman–Crippen MR) is 167 cm³/mol. The normalized spacial score (nSPS) is 17.2. The lowest BCUT2D eigenvalue weighted by Crippen LogP contribution is -2.50. The Morgan fingerprint density at radius 3 is 2.37 bits per heavy atom. The summed E-state index contributed by atoms with van der Waals surface area (Å²) in [6.45, 7) is 1.89. The third kappa shape index (κ3) is 5.52. The molecule has 0 aliphatic carbocycles. The highest BCUT2D eigenvalue weighted by Gasteiger charge is 2.32. The van der Waals surface area contributed by atoms with E-state index in [2.05, 4.69) is 10.6 Å². The zero-order valence-electron chi connectivity index (χ0n) is 24.3. The minimum absolute atomic E-state index is 0. The second-order valence-corrected chi connectivity index (χ2v) is 11.1. The average molecular weight is 606 g/mol. The van der Waals surface area contributed by atoms with Crippen LogP contribution >= 0.6 is 12.4 Å². The second kappa shape index (κ2) is 12.6. The summed E-state index contributed by atoms with van der Waals surface area (Å²) in [6.07, 6.45) is 3.17. The maximum Gasteiger partial charge on any atom is 0.272 e. The summed E-state index contributed by atoms with van der Waals surface area (Å²) in [4.78, 5) is 55.6. The zero-order valence-corrected chi connectivity index (χ0v) is 25.1. The molecule has 2 aliphatic heterocycles. The van der Waals surface area contributed by atoms with Gasteiger partial charge in [0.25, 0.3) is 11.5 Å². The van der Waals surface area contributed by atoms with Gasteiger partial charge in [0.15, 0.2) is 17.2 Å². The molecular formula is C32H36ClN5O5. The van der Waals surface area contributed by atoms with E-state index in [9.17, 15) is 19.2 Å². The van der Waals surface area contributed by atoms with Crippen LogP contribution in [0, 0.1) is 0 Å². The summed E-state index contributed by atoms with van der Waals surface area (Å²) >= 11 is 0. The van der Waals surface area contributed by atoms with Crippen LogP contribution in [0.2, 0.25) is 0 Å². The quantitative estimate of drug-likeness (QED) is 0.313. The van der Waals surface area contributed by atoms with Crippen molar-refractivity contribution in [2.24, 2.45) is 7.05 Å². The fourth-order valence-corrected chi connectivity index (χ4v) is 6.41. The molecule has 4 aromatic rings. The van der Waals surface area contributed by atoms with Crippen LogP contribution in [0.1, 0.15) is 46.5 Å². The Kier molecular flexibility index (Phi) is 8.89. The SMILES string of the molecule is COc1c(C(=O)NC2CCN(C(=O)C3CCCN3)CC2)n(C)c2c1c(=O)n(CC(=O)c1ccccc1)c1ccccc21.Cl. The van der Waals surface area contributed by atoms with Gasteiger partial charge in [-0.05, 0) is 38.3 Å². The van der Waals surface area contributed by atoms with Crippen LogP contribution in [0.3, 0.4) is 0 Å². The van der Waals surface area contributed by atoms with E-state index in [1.165, 1.54) is 11.7 Å². The van der Waals surface area contributed by atoms with Crippen molar-refractivity contribution in [3.05, 3.63) is 76.2 Å². The lowest BCUT2D eigenvalue weighted by molar-refractivity contribution is -0.134. The number of hydrogen-bond acceptors (Lipinski definition) is 6. The van der Waals surface area contributed by atoms with Crippen molar-refractivity contribution in [1.29, 1.82) is 0 Å². The summed E-state index contributed by atoms with van der Waals surface area (Å²) in [5.41, 5.74) is 1.54. The molecule has 10 nitrogen and oxygen atoms in total. The van der Waals surface area contributed by atoms with Gasteiger partial charge < -0.3 is 24.8 Å². The molecule has 1 unspecified atom stereocenters. The molecule has 0 spiro atoms. The lowest BCUT2D eigenvalue weighted by atomic mass is 10.0. The Morgan fingerprint density at radius 1 is 1.00 bits per heavy atom. The number of likely N-dealkylation sites (tertiary alicyclic amines) is 1. The van der Waals surface area contributed by atoms with Crippen LogP contribution in [-0.4, -0.2) is 70.5 Å². The fourth-order valence-electron chi connectivity index (χ4n) is 6.41. The van der Waals surface area contributed by atoms with Crippen LogP contribution < -0.4 is 20.9 Å². The molecule has 4 heterocycles. The first-order valence-electron chi connectivity index (χ1n) is 14.5. The molecular weight excluding hydrogens is 570 g/mol. The third-order valence-electron chi connectivity index (χ3n) is 8.58. The number of para-hydroxylation sites is 1. The predicted octanol–water partition coefficient (Wildman–Crippen LogP) is 3.28. The summed E-state index contributed by atoms with van der Waals surface area (Å²) in [7, 11) is 3.20. The number of ether oxygens (including phenoxy) is 1. The summed E-state index contributed by atoms with van der Waals surface area (Å²) in [6, 6.07) is 16.0. The molecule has 11 heteroatoms. The molecule has 6 rings (SSSR count). The van der Waals surface area contributed by atoms with Gasteiger partial charge in [-0.2, -0.15) is 0 Å². The molecule has 2 amide bonds. The van der Waals surface area contributed by atoms with Gasteiger partial charge in [-0.1, -0.05) is 48.5 Å². The topological polar surface area (TPSA) is 115 Å². The molecule has 2 fully saturated rings. The molecule has 2 saturated heterocycles. The molecule has 2 N–H and O–H groups in total. The van der Waals surface area contributed by atoms with E-state index in [0.717, 1.165) is 24.8 Å². The van der Waals surface area contributed by atoms with Crippen molar-refractivity contribution in [1.82, 2.24) is 24.7 Å². The van der Waals surface area contributed by atoms with Crippen molar-refractivity contribution in [2.45, 2.75) is 44.3 Å². The molecule has 0 radical (unpaired) electrons. The lowest BCUT2D eigenvalue weighted by Gasteiger charge is -2.34. The van der Waals surface area contributed by atoms with E-state index in [-0.39, 0.29) is 65.5 Å². The minimum atomic E-state index is -0.396. The number of methoxy groups -OCH3 is 1. The van der Waals surface area contributed by atoms with Crippen molar-refractivity contribution in [3.63, 3.8) is 0 Å². The van der Waals surface area contributed by atoms with Crippen LogP contribution in [0.25, 0.3) is 21.8 Å². The number of pyridine rings is 1. The van der Waals surface area contributed by atoms with Gasteiger partial charge in [0.2, 0.25) is 5.91 Å². The number of hydrogen-bond donors (Lipinski definition) is 2. The van der Waals surface area contributed by atoms with Crippen LogP contribution in [0.15, 0.2) is 59.4 Å². The maximum atomic E-state index is 14.0. The highest BCUT2D eigenvalue weighted by atomic mass is 35.5. The number of carbonyl (C=O) groups is 3. The maximum absolute atomic E-state index is 14.0. The number of nitrogens with zero attached hydrogens (tertiary/aromatic N) is 3. The number of piperidine rings is 1. The van der Waals surface area contributed by atoms with Crippen LogP contribution in [0.5, 0.6) is 5.75 Å². The second-order valence-electron chi connectivity index (χ2n) is 11.1. The van der Waals surface area contributed by atoms with Gasteiger partial charge >= 0.3 is 0 Å². The van der Waals surface area contributed by atoms with Crippen molar-refractivity contribution in [3.8, 4) is 5.75 Å². The highest BCUT2D eigenvalue weighted by Crippen LogP contribution is 2.35. The number of aromatic nitrogens is 2. The van der Waals surface area contributed by atoms with Crippen molar-refractivity contribution < 1.29 is 19.1 Å². The fraction of sp³-hybridized carbons (Fsp3) is 0.375. The monoisotopic (exact) mass is 605 g/mol. The standard InChI is InChI=1S/C32H35N5O5.ClH/c1-35-27-22-11-6-7-13-24(22)37(19-25(38)20-9-4-3-5-10-20)32(41)26(27)29(42-2)28(35)30(39)34-21-14-17-36(18-15-21)31(40)23-12-8-16-33-23;/h3-7,9-11,13,21,23,33H,8,12,14-19H2,1-2H3,(H,34,39);1H. The number of aryl methyl sites for hydroxylation is 1. The first-order valence-corrected chi connectivity index (χ1v) is 14.5. The number of rotatable bonds is 7. The average Bonchev–Trinajstić information content (AvgIpc) is 3.66. The first kappa shape index (κ1) is 30.3. The van der Waals surface area contributed by atoms with E-state index < -0.39 is 5.56 Å².